The van der Waals surface area contributed by atoms with E-state index >= 15 is 0 Å². The van der Waals surface area contributed by atoms with Crippen molar-refractivity contribution in [3.63, 3.8) is 0 Å². The van der Waals surface area contributed by atoms with Crippen molar-refractivity contribution in [3.8, 4) is 0 Å². The van der Waals surface area contributed by atoms with E-state index in [0.717, 1.165) is 33.5 Å². The average Bonchev–Trinajstić information content (AvgIpc) is 3.42. The van der Waals surface area contributed by atoms with Crippen molar-refractivity contribution in [2.75, 3.05) is 0 Å². The van der Waals surface area contributed by atoms with Crippen molar-refractivity contribution in [2.45, 2.75) is 19.4 Å². The minimum Gasteiger partial charge on any atom is -0.384 e. The molecule has 0 aliphatic carbocycles. The number of nitrogens with one attached hydrogen (secondary N) is 3. The van der Waals surface area contributed by atoms with Crippen LogP contribution in [0.25, 0.3) is 22.1 Å². The first-order valence-electron chi connectivity index (χ1n) is 10.7. The second-order valence-electron chi connectivity index (χ2n) is 7.83. The van der Waals surface area contributed by atoms with Crippen LogP contribution in [0.1, 0.15) is 22.8 Å². The van der Waals surface area contributed by atoms with Gasteiger partial charge in [0, 0.05) is 24.9 Å². The maximum Gasteiger partial charge on any atom is 0.327 e. The van der Waals surface area contributed by atoms with Crippen LogP contribution in [0.3, 0.4) is 0 Å². The van der Waals surface area contributed by atoms with Gasteiger partial charge in [0.2, 0.25) is 0 Å². The van der Waals surface area contributed by atoms with Crippen molar-refractivity contribution in [2.24, 2.45) is 5.73 Å². The number of aromatic nitrogens is 4. The molecule has 2 aromatic heterocycles. The molecule has 8 nitrogen and oxygen atoms in total. The molecule has 8 heteroatoms. The number of nitrogen functional groups attached to an aromatic ring is 1. The Bertz CT molecular complexity index is 1470. The number of carbonyl (C=O) groups is 1. The molecule has 1 amide bonds. The van der Waals surface area contributed by atoms with E-state index in [9.17, 15) is 4.79 Å². The van der Waals surface area contributed by atoms with Gasteiger partial charge in [-0.05, 0) is 35.9 Å². The van der Waals surface area contributed by atoms with Gasteiger partial charge in [0.25, 0.3) is 0 Å². The Kier molecular flexibility index (Phi) is 5.32. The van der Waals surface area contributed by atoms with Crippen LogP contribution < -0.4 is 11.1 Å². The molecule has 0 saturated carbocycles. The average molecular weight is 438 g/mol. The molecule has 2 heterocycles. The number of para-hydroxylation sites is 2. The number of carbonyl (C=O) groups excluding carboxylic acids is 1. The lowest BCUT2D eigenvalue weighted by Crippen LogP contribution is -2.29. The summed E-state index contributed by atoms with van der Waals surface area (Å²) in [7, 11) is 0. The van der Waals surface area contributed by atoms with Crippen molar-refractivity contribution < 1.29 is 4.79 Å². The van der Waals surface area contributed by atoms with Gasteiger partial charge in [0.05, 0.1) is 22.1 Å². The van der Waals surface area contributed by atoms with Gasteiger partial charge in [0.1, 0.15) is 17.5 Å². The van der Waals surface area contributed by atoms with Crippen LogP contribution in [0.4, 0.5) is 4.79 Å². The molecule has 0 saturated heterocycles. The van der Waals surface area contributed by atoms with Crippen molar-refractivity contribution in [3.05, 3.63) is 95.6 Å². The van der Waals surface area contributed by atoms with Gasteiger partial charge >= 0.3 is 6.03 Å². The first-order chi connectivity index (χ1) is 16.1. The Balaban J connectivity index is 1.39. The first-order valence-corrected chi connectivity index (χ1v) is 10.7. The van der Waals surface area contributed by atoms with E-state index in [2.05, 4.69) is 15.3 Å². The summed E-state index contributed by atoms with van der Waals surface area (Å²) in [5, 5.41) is 10.6. The summed E-state index contributed by atoms with van der Waals surface area (Å²) < 4.78 is 1.65. The molecule has 0 bridgehead atoms. The summed E-state index contributed by atoms with van der Waals surface area (Å²) in [6.07, 6.45) is 1.12. The second kappa shape index (κ2) is 8.58. The summed E-state index contributed by atoms with van der Waals surface area (Å²) in [6, 6.07) is 22.7. The van der Waals surface area contributed by atoms with E-state index in [1.54, 1.807) is 10.6 Å². The molecule has 0 radical (unpaired) electrons. The number of amidine groups is 1. The SMILES string of the molecule is N=C(N)c1ccc2nc(CCc3nc4ccccc4n3C(=O)NCc3ccccc3)[nH]c2c1. The summed E-state index contributed by atoms with van der Waals surface area (Å²) in [6.45, 7) is 0.438. The van der Waals surface area contributed by atoms with E-state index in [0.29, 0.717) is 30.8 Å². The fourth-order valence-corrected chi connectivity index (χ4v) is 3.90. The normalized spacial score (nSPS) is 11.2. The lowest BCUT2D eigenvalue weighted by Gasteiger charge is -2.10. The van der Waals surface area contributed by atoms with Crippen LogP contribution >= 0.6 is 0 Å². The van der Waals surface area contributed by atoms with Crippen molar-refractivity contribution in [1.29, 1.82) is 5.41 Å². The lowest BCUT2D eigenvalue weighted by molar-refractivity contribution is 0.242. The number of benzene rings is 3. The smallest absolute Gasteiger partial charge is 0.327 e. The van der Waals surface area contributed by atoms with Gasteiger partial charge in [-0.15, -0.1) is 0 Å². The Morgan fingerprint density at radius 2 is 1.76 bits per heavy atom. The molecule has 0 spiro atoms. The van der Waals surface area contributed by atoms with Crippen LogP contribution in [0, 0.1) is 5.41 Å². The Morgan fingerprint density at radius 1 is 0.970 bits per heavy atom. The summed E-state index contributed by atoms with van der Waals surface area (Å²) in [4.78, 5) is 25.8. The molecule has 5 rings (SSSR count). The summed E-state index contributed by atoms with van der Waals surface area (Å²) >= 11 is 0. The zero-order valence-corrected chi connectivity index (χ0v) is 17.9. The van der Waals surface area contributed by atoms with Gasteiger partial charge in [-0.25, -0.2) is 19.3 Å². The number of fused-ring (bicyclic) bond motifs is 2. The zero-order valence-electron chi connectivity index (χ0n) is 17.9. The molecule has 0 aliphatic heterocycles. The molecular weight excluding hydrogens is 414 g/mol. The number of aryl methyl sites for hydroxylation is 2. The molecule has 5 N–H and O–H groups in total. The van der Waals surface area contributed by atoms with E-state index in [1.165, 1.54) is 0 Å². The Labute approximate surface area is 190 Å². The Morgan fingerprint density at radius 3 is 2.58 bits per heavy atom. The monoisotopic (exact) mass is 437 g/mol. The van der Waals surface area contributed by atoms with Crippen molar-refractivity contribution in [1.82, 2.24) is 24.8 Å². The number of imidazole rings is 2. The number of nitrogens with zero attached hydrogens (tertiary/aromatic N) is 3. The third kappa shape index (κ3) is 4.18. The van der Waals surface area contributed by atoms with E-state index in [4.69, 9.17) is 16.1 Å². The number of aromatic amines is 1. The highest BCUT2D eigenvalue weighted by molar-refractivity contribution is 5.98. The first kappa shape index (κ1) is 20.4. The number of H-pyrrole nitrogens is 1. The highest BCUT2D eigenvalue weighted by Crippen LogP contribution is 2.19. The highest BCUT2D eigenvalue weighted by atomic mass is 16.2. The van der Waals surface area contributed by atoms with Crippen LogP contribution in [0.15, 0.2) is 72.8 Å². The molecule has 0 aliphatic rings. The van der Waals surface area contributed by atoms with Gasteiger partial charge in [-0.2, -0.15) is 0 Å². The van der Waals surface area contributed by atoms with Crippen LogP contribution in [0.2, 0.25) is 0 Å². The summed E-state index contributed by atoms with van der Waals surface area (Å²) in [5.74, 6) is 1.48. The van der Waals surface area contributed by atoms with Crippen LogP contribution in [-0.4, -0.2) is 31.4 Å². The number of rotatable bonds is 6. The minimum absolute atomic E-state index is 0.0169. The maximum absolute atomic E-state index is 13.1. The maximum atomic E-state index is 13.1. The number of nitrogens with two attached hydrogens (primary N) is 1. The molecule has 5 aromatic rings. The molecule has 0 unspecified atom stereocenters. The topological polar surface area (TPSA) is 125 Å². The fraction of sp³-hybridized carbons (Fsp3) is 0.120. The van der Waals surface area contributed by atoms with E-state index in [-0.39, 0.29) is 11.9 Å². The van der Waals surface area contributed by atoms with Crippen LogP contribution in [-0.2, 0) is 19.4 Å². The van der Waals surface area contributed by atoms with Crippen molar-refractivity contribution >= 4 is 33.9 Å². The Hall–Kier alpha value is -4.46. The zero-order chi connectivity index (χ0) is 22.8. The number of amides is 1. The third-order valence-electron chi connectivity index (χ3n) is 5.55. The highest BCUT2D eigenvalue weighted by Gasteiger charge is 2.17. The molecule has 164 valence electrons. The van der Waals surface area contributed by atoms with Gasteiger partial charge in [0.15, 0.2) is 0 Å². The third-order valence-corrected chi connectivity index (χ3v) is 5.55. The molecule has 0 atom stereocenters. The van der Waals surface area contributed by atoms with Crippen LogP contribution in [0.5, 0.6) is 0 Å². The molecule has 3 aromatic carbocycles. The number of hydrogen-bond donors (Lipinski definition) is 4. The summed E-state index contributed by atoms with van der Waals surface area (Å²) in [5.41, 5.74) is 10.5. The largest absolute Gasteiger partial charge is 0.384 e. The van der Waals surface area contributed by atoms with Gasteiger partial charge < -0.3 is 16.0 Å². The van der Waals surface area contributed by atoms with Gasteiger partial charge in [-0.3, -0.25) is 5.41 Å². The van der Waals surface area contributed by atoms with E-state index < -0.39 is 0 Å². The second-order valence-corrected chi connectivity index (χ2v) is 7.83. The minimum atomic E-state index is -0.210. The molecule has 33 heavy (non-hydrogen) atoms. The molecular formula is C25H23N7O. The fourth-order valence-electron chi connectivity index (χ4n) is 3.90. The quantitative estimate of drug-likeness (QED) is 0.238. The molecule has 0 fully saturated rings. The van der Waals surface area contributed by atoms with Gasteiger partial charge in [-0.1, -0.05) is 42.5 Å². The predicted molar refractivity (Wildman–Crippen MR) is 128 cm³/mol. The number of hydrogen-bond acceptors (Lipinski definition) is 4. The van der Waals surface area contributed by atoms with E-state index in [1.807, 2.05) is 66.7 Å². The lowest BCUT2D eigenvalue weighted by atomic mass is 10.2. The standard InChI is InChI=1S/C25H23N7O/c26-24(27)17-10-11-18-20(14-17)30-22(29-18)12-13-23-31-19-8-4-5-9-21(19)32(23)25(33)28-15-16-6-2-1-3-7-16/h1-11,14H,12-13,15H2,(H3,26,27)(H,28,33)(H,29,30). The predicted octanol–water partition coefficient (Wildman–Crippen LogP) is 3.74.